The second-order valence-corrected chi connectivity index (χ2v) is 8.48. The van der Waals surface area contributed by atoms with Gasteiger partial charge in [-0.05, 0) is 63.1 Å². The highest BCUT2D eigenvalue weighted by Gasteiger charge is 2.16. The Kier molecular flexibility index (Phi) is 5.66. The van der Waals surface area contributed by atoms with Crippen LogP contribution in [0.3, 0.4) is 0 Å². The molecule has 2 N–H and O–H groups in total. The Balaban J connectivity index is 1.64. The second-order valence-electron chi connectivity index (χ2n) is 6.80. The van der Waals surface area contributed by atoms with E-state index in [-0.39, 0.29) is 11.0 Å². The van der Waals surface area contributed by atoms with Crippen LogP contribution in [0, 0.1) is 0 Å². The highest BCUT2D eigenvalue weighted by Crippen LogP contribution is 2.23. The minimum Gasteiger partial charge on any atom is -0.491 e. The third-order valence-corrected chi connectivity index (χ3v) is 5.63. The topological polar surface area (TPSA) is 80.3 Å². The Labute approximate surface area is 155 Å². The molecule has 0 saturated heterocycles. The van der Waals surface area contributed by atoms with Crippen LogP contribution in [0.25, 0.3) is 0 Å². The quantitative estimate of drug-likeness (QED) is 0.764. The summed E-state index contributed by atoms with van der Waals surface area (Å²) in [4.78, 5) is 4.49. The molecule has 0 spiro atoms. The number of nitrogens with one attached hydrogen (secondary N) is 2. The van der Waals surface area contributed by atoms with Crippen LogP contribution in [-0.2, 0) is 10.0 Å². The Morgan fingerprint density at radius 3 is 2.35 bits per heavy atom. The molecule has 0 amide bonds. The molecule has 140 valence electrons. The summed E-state index contributed by atoms with van der Waals surface area (Å²) in [5.74, 6) is 1.41. The molecule has 26 heavy (non-hydrogen) atoms. The fourth-order valence-electron chi connectivity index (χ4n) is 3.00. The predicted molar refractivity (Wildman–Crippen MR) is 103 cm³/mol. The second kappa shape index (κ2) is 7.95. The van der Waals surface area contributed by atoms with Crippen LogP contribution >= 0.6 is 0 Å². The molecule has 3 rings (SSSR count). The van der Waals surface area contributed by atoms with E-state index in [1.54, 1.807) is 24.3 Å². The van der Waals surface area contributed by atoms with Crippen molar-refractivity contribution in [1.29, 1.82) is 0 Å². The van der Waals surface area contributed by atoms with Crippen molar-refractivity contribution in [3.63, 3.8) is 0 Å². The molecular formula is C19H25N3O3S. The van der Waals surface area contributed by atoms with Crippen molar-refractivity contribution in [3.8, 4) is 5.75 Å². The number of hydrogen-bond acceptors (Lipinski definition) is 5. The molecule has 1 aromatic carbocycles. The van der Waals surface area contributed by atoms with Gasteiger partial charge in [-0.15, -0.1) is 0 Å². The smallest absolute Gasteiger partial charge is 0.261 e. The first kappa shape index (κ1) is 18.5. The van der Waals surface area contributed by atoms with Gasteiger partial charge < -0.3 is 10.1 Å². The van der Waals surface area contributed by atoms with Gasteiger partial charge in [0.25, 0.3) is 10.0 Å². The molecule has 0 unspecified atom stereocenters. The van der Waals surface area contributed by atoms with Crippen LogP contribution in [0.1, 0.15) is 39.5 Å². The lowest BCUT2D eigenvalue weighted by molar-refractivity contribution is 0.242. The van der Waals surface area contributed by atoms with E-state index in [1.165, 1.54) is 31.2 Å². The van der Waals surface area contributed by atoms with Crippen LogP contribution in [0.15, 0.2) is 47.5 Å². The maximum atomic E-state index is 12.5. The first-order valence-electron chi connectivity index (χ1n) is 8.94. The molecule has 1 fully saturated rings. The third kappa shape index (κ3) is 4.88. The summed E-state index contributed by atoms with van der Waals surface area (Å²) in [5, 5.41) is 3.38. The van der Waals surface area contributed by atoms with Gasteiger partial charge in [-0.1, -0.05) is 12.8 Å². The highest BCUT2D eigenvalue weighted by molar-refractivity contribution is 7.92. The summed E-state index contributed by atoms with van der Waals surface area (Å²) in [6.45, 7) is 3.84. The van der Waals surface area contributed by atoms with Crippen molar-refractivity contribution in [1.82, 2.24) is 4.98 Å². The van der Waals surface area contributed by atoms with Crippen molar-refractivity contribution >= 4 is 21.5 Å². The lowest BCUT2D eigenvalue weighted by Crippen LogP contribution is -2.16. The van der Waals surface area contributed by atoms with Crippen molar-refractivity contribution in [2.75, 3.05) is 10.0 Å². The minimum atomic E-state index is -3.66. The fraction of sp³-hybridized carbons (Fsp3) is 0.421. The largest absolute Gasteiger partial charge is 0.491 e. The minimum absolute atomic E-state index is 0.0398. The lowest BCUT2D eigenvalue weighted by Gasteiger charge is -2.13. The molecule has 6 nitrogen and oxygen atoms in total. The van der Waals surface area contributed by atoms with Gasteiger partial charge in [-0.3, -0.25) is 4.72 Å². The molecule has 0 radical (unpaired) electrons. The van der Waals surface area contributed by atoms with Crippen molar-refractivity contribution in [2.45, 2.75) is 56.6 Å². The van der Waals surface area contributed by atoms with E-state index in [9.17, 15) is 8.42 Å². The summed E-state index contributed by atoms with van der Waals surface area (Å²) in [6.07, 6.45) is 6.38. The Morgan fingerprint density at radius 1 is 1.08 bits per heavy atom. The van der Waals surface area contributed by atoms with E-state index < -0.39 is 10.0 Å². The number of anilines is 2. The molecule has 1 heterocycles. The summed E-state index contributed by atoms with van der Waals surface area (Å²) >= 11 is 0. The summed E-state index contributed by atoms with van der Waals surface area (Å²) in [5.41, 5.74) is 0.435. The predicted octanol–water partition coefficient (Wildman–Crippen LogP) is 4.02. The van der Waals surface area contributed by atoms with E-state index in [0.717, 1.165) is 18.7 Å². The molecule has 7 heteroatoms. The molecule has 1 aromatic heterocycles. The fourth-order valence-corrected chi connectivity index (χ4v) is 4.05. The van der Waals surface area contributed by atoms with Crippen LogP contribution < -0.4 is 14.8 Å². The average Bonchev–Trinajstić information content (AvgIpc) is 3.09. The van der Waals surface area contributed by atoms with E-state index in [1.807, 2.05) is 13.8 Å². The zero-order valence-electron chi connectivity index (χ0n) is 15.1. The van der Waals surface area contributed by atoms with Crippen LogP contribution in [-0.4, -0.2) is 25.5 Å². The number of pyridine rings is 1. The van der Waals surface area contributed by atoms with Gasteiger partial charge in [0.05, 0.1) is 22.9 Å². The van der Waals surface area contributed by atoms with Crippen molar-refractivity contribution in [2.24, 2.45) is 0 Å². The summed E-state index contributed by atoms with van der Waals surface area (Å²) in [6, 6.07) is 10.4. The molecule has 2 aromatic rings. The van der Waals surface area contributed by atoms with Gasteiger partial charge in [-0.25, -0.2) is 13.4 Å². The first-order chi connectivity index (χ1) is 12.4. The van der Waals surface area contributed by atoms with E-state index in [2.05, 4.69) is 15.0 Å². The molecule has 1 aliphatic carbocycles. The van der Waals surface area contributed by atoms with Gasteiger partial charge in [-0.2, -0.15) is 0 Å². The maximum absolute atomic E-state index is 12.5. The van der Waals surface area contributed by atoms with Crippen molar-refractivity contribution in [3.05, 3.63) is 42.6 Å². The molecule has 0 bridgehead atoms. The first-order valence-corrected chi connectivity index (χ1v) is 10.4. The number of benzene rings is 1. The van der Waals surface area contributed by atoms with Gasteiger partial charge >= 0.3 is 0 Å². The zero-order chi connectivity index (χ0) is 18.6. The number of ether oxygens (including phenoxy) is 1. The maximum Gasteiger partial charge on any atom is 0.261 e. The highest BCUT2D eigenvalue weighted by atomic mass is 32.2. The van der Waals surface area contributed by atoms with E-state index in [0.29, 0.717) is 17.5 Å². The Hall–Kier alpha value is -2.28. The molecule has 1 saturated carbocycles. The number of sulfonamides is 1. The van der Waals surface area contributed by atoms with Crippen LogP contribution in [0.2, 0.25) is 0 Å². The molecule has 0 atom stereocenters. The average molecular weight is 375 g/mol. The summed E-state index contributed by atoms with van der Waals surface area (Å²) in [7, 11) is -3.66. The summed E-state index contributed by atoms with van der Waals surface area (Å²) < 4.78 is 33.1. The molecule has 1 aliphatic rings. The third-order valence-electron chi connectivity index (χ3n) is 4.23. The normalized spacial score (nSPS) is 15.2. The zero-order valence-corrected chi connectivity index (χ0v) is 15.9. The van der Waals surface area contributed by atoms with Gasteiger partial charge in [0, 0.05) is 6.04 Å². The van der Waals surface area contributed by atoms with Crippen LogP contribution in [0.4, 0.5) is 11.5 Å². The van der Waals surface area contributed by atoms with E-state index in [4.69, 9.17) is 4.74 Å². The van der Waals surface area contributed by atoms with Crippen LogP contribution in [0.5, 0.6) is 5.75 Å². The number of rotatable bonds is 7. The monoisotopic (exact) mass is 375 g/mol. The van der Waals surface area contributed by atoms with Crippen molar-refractivity contribution < 1.29 is 13.2 Å². The van der Waals surface area contributed by atoms with Gasteiger partial charge in [0.15, 0.2) is 0 Å². The van der Waals surface area contributed by atoms with Gasteiger partial charge in [0.2, 0.25) is 0 Å². The lowest BCUT2D eigenvalue weighted by atomic mass is 10.2. The van der Waals surface area contributed by atoms with Gasteiger partial charge in [0.1, 0.15) is 11.6 Å². The Bertz CT molecular complexity index is 812. The standard InChI is InChI=1S/C19H25N3O3S/c1-14(2)25-17-8-10-18(11-9-17)26(23,24)22-16-7-12-19(20-13-16)21-15-5-3-4-6-15/h7-15,22H,3-6H2,1-2H3,(H,20,21). The Morgan fingerprint density at radius 2 is 1.77 bits per heavy atom. The number of nitrogens with zero attached hydrogens (tertiary/aromatic N) is 1. The van der Waals surface area contributed by atoms with E-state index >= 15 is 0 Å². The number of hydrogen-bond donors (Lipinski definition) is 2. The molecule has 0 aliphatic heterocycles. The number of aromatic nitrogens is 1. The SMILES string of the molecule is CC(C)Oc1ccc(S(=O)(=O)Nc2ccc(NC3CCCC3)nc2)cc1. The molecular weight excluding hydrogens is 350 g/mol.